The van der Waals surface area contributed by atoms with Gasteiger partial charge in [-0.05, 0) is 24.3 Å². The lowest BCUT2D eigenvalue weighted by Gasteiger charge is -2.03. The van der Waals surface area contributed by atoms with E-state index in [1.807, 2.05) is 25.6 Å². The molecule has 0 bridgehead atoms. The smallest absolute Gasteiger partial charge is 0.0684 e. The van der Waals surface area contributed by atoms with Gasteiger partial charge in [0.2, 0.25) is 0 Å². The van der Waals surface area contributed by atoms with Gasteiger partial charge in [0.1, 0.15) is 0 Å². The molecule has 0 aliphatic rings. The second-order valence-corrected chi connectivity index (χ2v) is 4.97. The van der Waals surface area contributed by atoms with Crippen molar-refractivity contribution in [3.05, 3.63) is 42.3 Å². The molecule has 0 spiro atoms. The second kappa shape index (κ2) is 17.7. The van der Waals surface area contributed by atoms with Crippen molar-refractivity contribution >= 4 is 0 Å². The molecule has 2 nitrogen and oxygen atoms in total. The summed E-state index contributed by atoms with van der Waals surface area (Å²) in [5.41, 5.74) is 4.13. The van der Waals surface area contributed by atoms with Crippen LogP contribution in [0.25, 0.3) is 0 Å². The fourth-order valence-corrected chi connectivity index (χ4v) is 1.92. The van der Waals surface area contributed by atoms with Crippen LogP contribution >= 0.6 is 0 Å². The Morgan fingerprint density at radius 2 is 1.41 bits per heavy atom. The molecule has 0 saturated heterocycles. The van der Waals surface area contributed by atoms with E-state index >= 15 is 0 Å². The number of hydrogen-bond donors (Lipinski definition) is 0. The van der Waals surface area contributed by atoms with E-state index in [2.05, 4.69) is 59.8 Å². The summed E-state index contributed by atoms with van der Waals surface area (Å²) in [7, 11) is 2.05. The van der Waals surface area contributed by atoms with Crippen LogP contribution in [-0.4, -0.2) is 9.78 Å². The Morgan fingerprint density at radius 1 is 1.00 bits per heavy atom. The van der Waals surface area contributed by atoms with Gasteiger partial charge in [0.05, 0.1) is 5.69 Å². The molecule has 130 valence electrons. The monoisotopic (exact) mass is 308 g/mol. The van der Waals surface area contributed by atoms with E-state index < -0.39 is 0 Å². The first kappa shape index (κ1) is 25.6. The number of hydrogen-bond acceptors (Lipinski definition) is 1. The summed E-state index contributed by atoms with van der Waals surface area (Å²) in [5.74, 6) is 0.543. The molecular formula is C20H40N2. The Hall–Kier alpha value is -1.31. The zero-order valence-corrected chi connectivity index (χ0v) is 16.7. The summed E-state index contributed by atoms with van der Waals surface area (Å²) < 4.78 is 2.04. The number of rotatable bonds is 4. The Morgan fingerprint density at radius 3 is 1.64 bits per heavy atom. The highest BCUT2D eigenvalue weighted by molar-refractivity contribution is 5.28. The quantitative estimate of drug-likeness (QED) is 0.583. The summed E-state index contributed by atoms with van der Waals surface area (Å²) in [4.78, 5) is 0. The Labute approximate surface area is 140 Å². The van der Waals surface area contributed by atoms with Crippen LogP contribution in [0, 0.1) is 0 Å². The van der Waals surface area contributed by atoms with Gasteiger partial charge in [-0.1, -0.05) is 87.1 Å². The third-order valence-corrected chi connectivity index (χ3v) is 2.71. The first-order valence-corrected chi connectivity index (χ1v) is 8.72. The normalized spacial score (nSPS) is 8.64. The summed E-state index contributed by atoms with van der Waals surface area (Å²) >= 11 is 0. The van der Waals surface area contributed by atoms with E-state index in [4.69, 9.17) is 0 Å². The molecule has 0 fully saturated rings. The van der Waals surface area contributed by atoms with E-state index in [1.54, 1.807) is 12.2 Å². The summed E-state index contributed by atoms with van der Waals surface area (Å²) in [5, 5.41) is 4.57. The molecule has 0 aliphatic carbocycles. The zero-order valence-electron chi connectivity index (χ0n) is 16.7. The van der Waals surface area contributed by atoms with E-state index in [0.29, 0.717) is 5.92 Å². The first-order valence-electron chi connectivity index (χ1n) is 8.72. The SMILES string of the molecule is C=CC=C.CC.CCC.CCc1c(C(C)C)nn(C)c1CC. The highest BCUT2D eigenvalue weighted by Crippen LogP contribution is 2.22. The van der Waals surface area contributed by atoms with Crippen molar-refractivity contribution in [3.63, 3.8) is 0 Å². The summed E-state index contributed by atoms with van der Waals surface area (Å²) in [6.45, 7) is 23.8. The largest absolute Gasteiger partial charge is 0.272 e. The van der Waals surface area contributed by atoms with Crippen molar-refractivity contribution in [1.29, 1.82) is 0 Å². The van der Waals surface area contributed by atoms with Crippen LogP contribution in [0.1, 0.15) is 84.7 Å². The Bertz CT molecular complexity index is 367. The molecule has 0 N–H and O–H groups in total. The molecule has 1 aromatic rings. The van der Waals surface area contributed by atoms with Gasteiger partial charge in [-0.15, -0.1) is 0 Å². The lowest BCUT2D eigenvalue weighted by molar-refractivity contribution is 0.685. The molecule has 1 rings (SSSR count). The van der Waals surface area contributed by atoms with Crippen molar-refractivity contribution in [1.82, 2.24) is 9.78 Å². The van der Waals surface area contributed by atoms with Crippen molar-refractivity contribution in [2.24, 2.45) is 7.05 Å². The molecule has 0 radical (unpaired) electrons. The Kier molecular flexibility index (Phi) is 20.7. The molecule has 1 aromatic heterocycles. The van der Waals surface area contributed by atoms with Crippen molar-refractivity contribution < 1.29 is 0 Å². The number of nitrogens with zero attached hydrogens (tertiary/aromatic N) is 2. The van der Waals surface area contributed by atoms with Crippen LogP contribution in [0.3, 0.4) is 0 Å². The van der Waals surface area contributed by atoms with Gasteiger partial charge in [0.15, 0.2) is 0 Å². The van der Waals surface area contributed by atoms with Crippen molar-refractivity contribution in [2.45, 2.75) is 80.6 Å². The third-order valence-electron chi connectivity index (χ3n) is 2.71. The summed E-state index contributed by atoms with van der Waals surface area (Å²) in [6, 6.07) is 0. The van der Waals surface area contributed by atoms with Crippen LogP contribution < -0.4 is 0 Å². The van der Waals surface area contributed by atoms with Gasteiger partial charge in [0.25, 0.3) is 0 Å². The molecule has 22 heavy (non-hydrogen) atoms. The standard InChI is InChI=1S/C11H20N2.C4H6.C3H8.C2H6/c1-6-9-10(7-2)13(5)12-11(9)8(3)4;1-3-4-2;1-3-2;1-2/h8H,6-7H2,1-5H3;3-4H,1-2H2;3H2,1-2H3;1-2H3. The molecule has 0 amide bonds. The average Bonchev–Trinajstić information content (AvgIpc) is 2.86. The van der Waals surface area contributed by atoms with Gasteiger partial charge in [0, 0.05) is 12.7 Å². The molecule has 0 saturated carbocycles. The van der Waals surface area contributed by atoms with Gasteiger partial charge >= 0.3 is 0 Å². The average molecular weight is 309 g/mol. The molecule has 0 atom stereocenters. The van der Waals surface area contributed by atoms with Gasteiger partial charge in [-0.25, -0.2) is 0 Å². The van der Waals surface area contributed by atoms with Gasteiger partial charge < -0.3 is 0 Å². The zero-order chi connectivity index (χ0) is 18.1. The number of aryl methyl sites for hydroxylation is 1. The second-order valence-electron chi connectivity index (χ2n) is 4.97. The summed E-state index contributed by atoms with van der Waals surface area (Å²) in [6.07, 6.45) is 6.71. The molecule has 0 aromatic carbocycles. The maximum atomic E-state index is 4.57. The highest BCUT2D eigenvalue weighted by Gasteiger charge is 2.14. The van der Waals surface area contributed by atoms with E-state index in [0.717, 1.165) is 12.8 Å². The van der Waals surface area contributed by atoms with E-state index in [9.17, 15) is 0 Å². The van der Waals surface area contributed by atoms with Gasteiger partial charge in [-0.2, -0.15) is 5.10 Å². The van der Waals surface area contributed by atoms with Gasteiger partial charge in [-0.3, -0.25) is 4.68 Å². The molecule has 1 heterocycles. The van der Waals surface area contributed by atoms with E-state index in [-0.39, 0.29) is 0 Å². The van der Waals surface area contributed by atoms with Crippen molar-refractivity contribution in [2.75, 3.05) is 0 Å². The first-order chi connectivity index (χ1) is 10.4. The predicted octanol–water partition coefficient (Wildman–Crippen LogP) is 6.47. The fourth-order valence-electron chi connectivity index (χ4n) is 1.92. The van der Waals surface area contributed by atoms with E-state index in [1.165, 1.54) is 23.4 Å². The van der Waals surface area contributed by atoms with Crippen LogP contribution in [-0.2, 0) is 19.9 Å². The maximum Gasteiger partial charge on any atom is 0.0684 e. The third kappa shape index (κ3) is 10.4. The minimum Gasteiger partial charge on any atom is -0.272 e. The maximum absolute atomic E-state index is 4.57. The molecule has 0 unspecified atom stereocenters. The number of allylic oxidation sites excluding steroid dienone is 2. The fraction of sp³-hybridized carbons (Fsp3) is 0.650. The topological polar surface area (TPSA) is 17.8 Å². The molecular weight excluding hydrogens is 268 g/mol. The van der Waals surface area contributed by atoms with Crippen LogP contribution in [0.5, 0.6) is 0 Å². The highest BCUT2D eigenvalue weighted by atomic mass is 15.3. The lowest BCUT2D eigenvalue weighted by Crippen LogP contribution is -1.97. The minimum absolute atomic E-state index is 0.543. The molecule has 2 heteroatoms. The lowest BCUT2D eigenvalue weighted by atomic mass is 10.0. The van der Waals surface area contributed by atoms with Crippen LogP contribution in [0.15, 0.2) is 25.3 Å². The number of aromatic nitrogens is 2. The van der Waals surface area contributed by atoms with Crippen LogP contribution in [0.2, 0.25) is 0 Å². The predicted molar refractivity (Wildman–Crippen MR) is 104 cm³/mol. The minimum atomic E-state index is 0.543. The van der Waals surface area contributed by atoms with Crippen LogP contribution in [0.4, 0.5) is 0 Å². The van der Waals surface area contributed by atoms with Crippen molar-refractivity contribution in [3.8, 4) is 0 Å². The Balaban J connectivity index is -0.000000336. The molecule has 0 aliphatic heterocycles.